The molecule has 1 aromatic carbocycles. The van der Waals surface area contributed by atoms with Crippen molar-refractivity contribution in [1.82, 2.24) is 0 Å². The van der Waals surface area contributed by atoms with E-state index in [4.69, 9.17) is 4.74 Å². The van der Waals surface area contributed by atoms with Crippen LogP contribution in [0.2, 0.25) is 0 Å². The molecule has 0 spiro atoms. The number of hydrogen-bond acceptors (Lipinski definition) is 5. The van der Waals surface area contributed by atoms with Gasteiger partial charge in [0.25, 0.3) is 0 Å². The Balaban J connectivity index is 1.65. The average molecular weight is 418 g/mol. The van der Waals surface area contributed by atoms with E-state index in [0.29, 0.717) is 29.3 Å². The second-order valence-corrected chi connectivity index (χ2v) is 9.22. The lowest BCUT2D eigenvalue weighted by atomic mass is 10.1. The zero-order valence-corrected chi connectivity index (χ0v) is 18.1. The molecule has 1 N–H and O–H groups in total. The Morgan fingerprint density at radius 1 is 1.14 bits per heavy atom. The molecule has 0 radical (unpaired) electrons. The first-order chi connectivity index (χ1) is 13.6. The molecule has 0 fully saturated rings. The van der Waals surface area contributed by atoms with Crippen molar-refractivity contribution in [3.8, 4) is 0 Å². The summed E-state index contributed by atoms with van der Waals surface area (Å²) in [5.41, 5.74) is 2.90. The maximum absolute atomic E-state index is 12.5. The summed E-state index contributed by atoms with van der Waals surface area (Å²) >= 11 is 3.22. The van der Waals surface area contributed by atoms with Crippen molar-refractivity contribution >= 4 is 40.0 Å². The minimum atomic E-state index is -0.314. The highest BCUT2D eigenvalue weighted by Crippen LogP contribution is 2.38. The zero-order chi connectivity index (χ0) is 19.9. The number of rotatable bonds is 7. The summed E-state index contributed by atoms with van der Waals surface area (Å²) in [7, 11) is 0. The highest BCUT2D eigenvalue weighted by molar-refractivity contribution is 7.99. The molecule has 6 heteroatoms. The molecule has 0 atom stereocenters. The van der Waals surface area contributed by atoms with Crippen LogP contribution in [0.25, 0.3) is 0 Å². The fourth-order valence-electron chi connectivity index (χ4n) is 3.34. The van der Waals surface area contributed by atoms with E-state index in [9.17, 15) is 9.59 Å². The lowest BCUT2D eigenvalue weighted by molar-refractivity contribution is -0.115. The van der Waals surface area contributed by atoms with Gasteiger partial charge in [-0.2, -0.15) is 0 Å². The number of thioether (sulfide) groups is 1. The van der Waals surface area contributed by atoms with Gasteiger partial charge in [0.05, 0.1) is 12.2 Å². The predicted molar refractivity (Wildman–Crippen MR) is 117 cm³/mol. The number of thiophene rings is 1. The van der Waals surface area contributed by atoms with Crippen molar-refractivity contribution < 1.29 is 14.3 Å². The number of amides is 1. The summed E-state index contributed by atoms with van der Waals surface area (Å²) in [4.78, 5) is 27.4. The molecule has 0 unspecified atom stereocenters. The summed E-state index contributed by atoms with van der Waals surface area (Å²) in [6.45, 7) is 4.21. The number of hydrogen-bond donors (Lipinski definition) is 1. The lowest BCUT2D eigenvalue weighted by Gasteiger charge is -2.08. The van der Waals surface area contributed by atoms with Crippen LogP contribution in [-0.4, -0.2) is 24.2 Å². The molecule has 2 aromatic rings. The lowest BCUT2D eigenvalue weighted by Crippen LogP contribution is -2.15. The number of benzene rings is 1. The van der Waals surface area contributed by atoms with Crippen LogP contribution in [-0.2, 0) is 22.4 Å². The summed E-state index contributed by atoms with van der Waals surface area (Å²) in [6.07, 6.45) is 5.67. The van der Waals surface area contributed by atoms with Crippen molar-refractivity contribution in [2.24, 2.45) is 0 Å². The largest absolute Gasteiger partial charge is 0.462 e. The Hall–Kier alpha value is -1.79. The van der Waals surface area contributed by atoms with E-state index in [-0.39, 0.29) is 11.9 Å². The third-order valence-electron chi connectivity index (χ3n) is 4.77. The molecule has 1 aromatic heterocycles. The number of anilines is 1. The molecule has 1 aliphatic rings. The normalized spacial score (nSPS) is 13.5. The fourth-order valence-corrected chi connectivity index (χ4v) is 5.48. The second kappa shape index (κ2) is 10.1. The van der Waals surface area contributed by atoms with Gasteiger partial charge in [0.2, 0.25) is 5.91 Å². The van der Waals surface area contributed by atoms with Crippen molar-refractivity contribution in [3.63, 3.8) is 0 Å². The van der Waals surface area contributed by atoms with Crippen molar-refractivity contribution in [3.05, 3.63) is 45.8 Å². The summed E-state index contributed by atoms with van der Waals surface area (Å²) in [5.74, 6) is 0.335. The first kappa shape index (κ1) is 20.9. The predicted octanol–water partition coefficient (Wildman–Crippen LogP) is 5.62. The number of carbonyl (C=O) groups excluding carboxylic acids is 2. The number of ether oxygens (including phenoxy) is 1. The first-order valence-corrected chi connectivity index (χ1v) is 11.7. The molecule has 1 heterocycles. The minimum absolute atomic E-state index is 0.0541. The average Bonchev–Trinajstić information content (AvgIpc) is 2.84. The standard InChI is InChI=1S/C22H27NO3S2/c1-3-26-22(25)20-17-7-5-4-6-8-18(17)28-21(20)23-19(24)13-14-27-16-11-9-15(2)10-12-16/h9-12H,3-8,13-14H2,1-2H3,(H,23,24). The van der Waals surface area contributed by atoms with Crippen molar-refractivity contribution in [1.29, 1.82) is 0 Å². The smallest absolute Gasteiger partial charge is 0.341 e. The van der Waals surface area contributed by atoms with Crippen LogP contribution >= 0.6 is 23.1 Å². The van der Waals surface area contributed by atoms with E-state index >= 15 is 0 Å². The van der Waals surface area contributed by atoms with Crippen LogP contribution < -0.4 is 5.32 Å². The summed E-state index contributed by atoms with van der Waals surface area (Å²) < 4.78 is 5.28. The molecule has 1 aliphatic carbocycles. The Morgan fingerprint density at radius 3 is 2.64 bits per heavy atom. The number of esters is 1. The van der Waals surface area contributed by atoms with Crippen molar-refractivity contribution in [2.75, 3.05) is 17.7 Å². The van der Waals surface area contributed by atoms with Gasteiger partial charge in [0.1, 0.15) is 5.00 Å². The molecule has 0 saturated carbocycles. The van der Waals surface area contributed by atoms with Gasteiger partial charge in [-0.05, 0) is 57.2 Å². The first-order valence-electron chi connectivity index (χ1n) is 9.89. The van der Waals surface area contributed by atoms with E-state index in [1.54, 1.807) is 23.1 Å². The van der Waals surface area contributed by atoms with Gasteiger partial charge in [-0.25, -0.2) is 4.79 Å². The van der Waals surface area contributed by atoms with Crippen LogP contribution in [0, 0.1) is 6.92 Å². The van der Waals surface area contributed by atoms with Crippen LogP contribution in [0.3, 0.4) is 0 Å². The van der Waals surface area contributed by atoms with Crippen LogP contribution in [0.5, 0.6) is 0 Å². The van der Waals surface area contributed by atoms with Gasteiger partial charge in [-0.1, -0.05) is 24.1 Å². The number of carbonyl (C=O) groups is 2. The van der Waals surface area contributed by atoms with Crippen LogP contribution in [0.4, 0.5) is 5.00 Å². The van der Waals surface area contributed by atoms with E-state index in [2.05, 4.69) is 36.5 Å². The Labute approximate surface area is 175 Å². The number of aryl methyl sites for hydroxylation is 2. The molecular formula is C22H27NO3S2. The van der Waals surface area contributed by atoms with E-state index in [1.807, 2.05) is 6.92 Å². The Kier molecular flexibility index (Phi) is 7.57. The molecule has 4 nitrogen and oxygen atoms in total. The molecule has 0 bridgehead atoms. The fraction of sp³-hybridized carbons (Fsp3) is 0.455. The van der Waals surface area contributed by atoms with Gasteiger partial charge >= 0.3 is 5.97 Å². The zero-order valence-electron chi connectivity index (χ0n) is 16.5. The third-order valence-corrected chi connectivity index (χ3v) is 6.99. The maximum Gasteiger partial charge on any atom is 0.341 e. The summed E-state index contributed by atoms with van der Waals surface area (Å²) in [5, 5.41) is 3.65. The number of fused-ring (bicyclic) bond motifs is 1. The van der Waals surface area contributed by atoms with Gasteiger partial charge in [-0.3, -0.25) is 4.79 Å². The molecule has 0 saturated heterocycles. The quantitative estimate of drug-likeness (QED) is 0.361. The third kappa shape index (κ3) is 5.39. The molecule has 3 rings (SSSR count). The maximum atomic E-state index is 12.5. The van der Waals surface area contributed by atoms with Crippen molar-refractivity contribution in [2.45, 2.75) is 57.3 Å². The van der Waals surface area contributed by atoms with Crippen LogP contribution in [0.1, 0.15) is 59.0 Å². The molecule has 1 amide bonds. The van der Waals surface area contributed by atoms with E-state index in [0.717, 1.165) is 36.1 Å². The van der Waals surface area contributed by atoms with Gasteiger partial charge in [0, 0.05) is 21.9 Å². The topological polar surface area (TPSA) is 55.4 Å². The Bertz CT molecular complexity index is 827. The molecular weight excluding hydrogens is 390 g/mol. The highest BCUT2D eigenvalue weighted by atomic mass is 32.2. The van der Waals surface area contributed by atoms with Gasteiger partial charge in [-0.15, -0.1) is 23.1 Å². The van der Waals surface area contributed by atoms with Crippen LogP contribution in [0.15, 0.2) is 29.2 Å². The molecule has 28 heavy (non-hydrogen) atoms. The van der Waals surface area contributed by atoms with E-state index < -0.39 is 0 Å². The Morgan fingerprint density at radius 2 is 1.89 bits per heavy atom. The van der Waals surface area contributed by atoms with Gasteiger partial charge in [0.15, 0.2) is 0 Å². The molecule has 0 aliphatic heterocycles. The highest BCUT2D eigenvalue weighted by Gasteiger charge is 2.26. The van der Waals surface area contributed by atoms with Gasteiger partial charge < -0.3 is 10.1 Å². The monoisotopic (exact) mass is 417 g/mol. The number of nitrogens with one attached hydrogen (secondary N) is 1. The minimum Gasteiger partial charge on any atom is -0.462 e. The second-order valence-electron chi connectivity index (χ2n) is 6.95. The SMILES string of the molecule is CCOC(=O)c1c(NC(=O)CCSc2ccc(C)cc2)sc2c1CCCCC2. The molecule has 150 valence electrons. The van der Waals surface area contributed by atoms with E-state index in [1.165, 1.54) is 16.9 Å². The summed E-state index contributed by atoms with van der Waals surface area (Å²) in [6, 6.07) is 8.31.